The molecule has 0 atom stereocenters. The first-order valence-corrected chi connectivity index (χ1v) is 11.8. The van der Waals surface area contributed by atoms with Crippen LogP contribution in [0.1, 0.15) is 32.0 Å². The van der Waals surface area contributed by atoms with Gasteiger partial charge in [0.05, 0.1) is 17.5 Å². The Hall–Kier alpha value is -5.07. The van der Waals surface area contributed by atoms with Gasteiger partial charge in [0, 0.05) is 60.0 Å². The van der Waals surface area contributed by atoms with Crippen LogP contribution in [-0.4, -0.2) is 50.6 Å². The van der Waals surface area contributed by atoms with Gasteiger partial charge in [-0.15, -0.1) is 0 Å². The van der Waals surface area contributed by atoms with E-state index < -0.39 is 18.0 Å². The summed E-state index contributed by atoms with van der Waals surface area (Å²) in [5, 5.41) is 12.8. The average molecular weight is 555 g/mol. The van der Waals surface area contributed by atoms with Crippen molar-refractivity contribution in [3.8, 4) is 22.5 Å². The van der Waals surface area contributed by atoms with Crippen molar-refractivity contribution in [1.29, 1.82) is 0 Å². The first-order valence-electron chi connectivity index (χ1n) is 11.8. The Labute approximate surface area is 224 Å². The van der Waals surface area contributed by atoms with E-state index >= 15 is 0 Å². The zero-order chi connectivity index (χ0) is 28.9. The van der Waals surface area contributed by atoms with E-state index in [1.54, 1.807) is 48.8 Å². The van der Waals surface area contributed by atoms with Gasteiger partial charge in [-0.25, -0.2) is 9.18 Å². The second kappa shape index (κ2) is 11.8. The third kappa shape index (κ3) is 6.67. The van der Waals surface area contributed by atoms with Crippen molar-refractivity contribution in [2.24, 2.45) is 0 Å². The smallest absolute Gasteiger partial charge is 0.475 e. The summed E-state index contributed by atoms with van der Waals surface area (Å²) in [5.74, 6) is -3.59. The number of alkyl halides is 3. The molecule has 0 bridgehead atoms. The fourth-order valence-corrected chi connectivity index (χ4v) is 3.82. The molecule has 0 saturated heterocycles. The molecule has 13 heteroatoms. The van der Waals surface area contributed by atoms with E-state index in [0.717, 1.165) is 16.8 Å². The van der Waals surface area contributed by atoms with Crippen LogP contribution in [0.5, 0.6) is 0 Å². The Balaban J connectivity index is 0.000000470. The minimum absolute atomic E-state index is 0.161. The number of carbonyl (C=O) groups excluding carboxylic acids is 2. The summed E-state index contributed by atoms with van der Waals surface area (Å²) in [7, 11) is 0. The number of nitrogens with one attached hydrogen (secondary N) is 3. The molecule has 4 N–H and O–H groups in total. The Morgan fingerprint density at radius 1 is 1.02 bits per heavy atom. The number of fused-ring (bicyclic) bond motifs is 1. The molecule has 0 saturated carbocycles. The molecule has 1 aliphatic rings. The van der Waals surface area contributed by atoms with E-state index in [9.17, 15) is 27.2 Å². The highest BCUT2D eigenvalue weighted by Gasteiger charge is 2.38. The molecular formula is C27H21F4N5O4. The predicted molar refractivity (Wildman–Crippen MR) is 135 cm³/mol. The Kier molecular flexibility index (Phi) is 8.22. The van der Waals surface area contributed by atoms with Crippen LogP contribution >= 0.6 is 0 Å². The summed E-state index contributed by atoms with van der Waals surface area (Å²) < 4.78 is 46.3. The molecule has 0 fully saturated rings. The van der Waals surface area contributed by atoms with Crippen LogP contribution in [0.25, 0.3) is 22.5 Å². The Bertz CT molecular complexity index is 1540. The average Bonchev–Trinajstić information content (AvgIpc) is 3.38. The van der Waals surface area contributed by atoms with Gasteiger partial charge in [0.2, 0.25) is 0 Å². The fourth-order valence-electron chi connectivity index (χ4n) is 3.82. The van der Waals surface area contributed by atoms with Gasteiger partial charge in [-0.2, -0.15) is 13.2 Å². The van der Waals surface area contributed by atoms with Gasteiger partial charge in [-0.1, -0.05) is 12.1 Å². The summed E-state index contributed by atoms with van der Waals surface area (Å²) in [6.45, 7) is 0.961. The maximum atomic E-state index is 14.6. The molecular weight excluding hydrogens is 534 g/mol. The number of benzene rings is 1. The monoisotopic (exact) mass is 555 g/mol. The lowest BCUT2D eigenvalue weighted by Crippen LogP contribution is -2.31. The number of pyridine rings is 2. The summed E-state index contributed by atoms with van der Waals surface area (Å²) in [6.07, 6.45) is 0.111. The standard InChI is InChI=1S/C25H20FN5O2.C2HF3O2/c26-20-14-29-22(11-18(20)23-12-19-21(31-23)7-10-28-25(19)33)16-1-3-17(4-2-16)24(32)30-13-15-5-8-27-9-6-15;3-2(4,5)1(6)7/h1-6,8-9,11-12,14,31H,7,10,13H2,(H,28,33)(H,30,32);(H,6,7). The second-order valence-electron chi connectivity index (χ2n) is 8.55. The lowest BCUT2D eigenvalue weighted by atomic mass is 10.0. The topological polar surface area (TPSA) is 137 Å². The highest BCUT2D eigenvalue weighted by Crippen LogP contribution is 2.29. The molecule has 0 aliphatic carbocycles. The molecule has 1 aromatic carbocycles. The number of aromatic amines is 1. The summed E-state index contributed by atoms with van der Waals surface area (Å²) >= 11 is 0. The van der Waals surface area contributed by atoms with Gasteiger partial charge in [-0.3, -0.25) is 19.6 Å². The molecule has 0 radical (unpaired) electrons. The summed E-state index contributed by atoms with van der Waals surface area (Å²) in [4.78, 5) is 44.7. The molecule has 0 unspecified atom stereocenters. The molecule has 9 nitrogen and oxygen atoms in total. The lowest BCUT2D eigenvalue weighted by molar-refractivity contribution is -0.192. The Morgan fingerprint density at radius 3 is 2.33 bits per heavy atom. The molecule has 4 heterocycles. The summed E-state index contributed by atoms with van der Waals surface area (Å²) in [6, 6.07) is 14.0. The van der Waals surface area contributed by atoms with Gasteiger partial charge >= 0.3 is 12.1 Å². The quantitative estimate of drug-likeness (QED) is 0.274. The SMILES string of the molecule is O=C(NCc1ccncc1)c1ccc(-c2cc(-c3cc4c([nH]3)CCNC4=O)c(F)cn2)cc1.O=C(O)C(F)(F)F. The molecule has 1 aliphatic heterocycles. The number of hydrogen-bond donors (Lipinski definition) is 4. The normalized spacial score (nSPS) is 12.4. The van der Waals surface area contributed by atoms with E-state index in [2.05, 4.69) is 25.6 Å². The van der Waals surface area contributed by atoms with Crippen molar-refractivity contribution < 1.29 is 37.1 Å². The van der Waals surface area contributed by atoms with Crippen LogP contribution in [0.2, 0.25) is 0 Å². The highest BCUT2D eigenvalue weighted by atomic mass is 19.4. The van der Waals surface area contributed by atoms with Crippen molar-refractivity contribution in [3.05, 3.63) is 95.3 Å². The highest BCUT2D eigenvalue weighted by molar-refractivity contribution is 5.98. The number of hydrogen-bond acceptors (Lipinski definition) is 5. The number of amides is 2. The van der Waals surface area contributed by atoms with E-state index in [0.29, 0.717) is 47.6 Å². The van der Waals surface area contributed by atoms with Gasteiger partial charge < -0.3 is 20.7 Å². The van der Waals surface area contributed by atoms with Crippen LogP contribution in [0.4, 0.5) is 17.6 Å². The van der Waals surface area contributed by atoms with Crippen molar-refractivity contribution in [1.82, 2.24) is 25.6 Å². The van der Waals surface area contributed by atoms with Gasteiger partial charge in [0.1, 0.15) is 0 Å². The van der Waals surface area contributed by atoms with Gasteiger partial charge in [0.15, 0.2) is 5.82 Å². The van der Waals surface area contributed by atoms with Crippen LogP contribution in [0.15, 0.2) is 67.1 Å². The zero-order valence-electron chi connectivity index (χ0n) is 20.6. The maximum Gasteiger partial charge on any atom is 0.490 e. The van der Waals surface area contributed by atoms with Crippen molar-refractivity contribution in [2.75, 3.05) is 6.54 Å². The lowest BCUT2D eigenvalue weighted by Gasteiger charge is -2.11. The van der Waals surface area contributed by atoms with Crippen LogP contribution < -0.4 is 10.6 Å². The number of nitrogens with zero attached hydrogens (tertiary/aromatic N) is 2. The molecule has 3 aromatic heterocycles. The molecule has 0 spiro atoms. The number of aromatic nitrogens is 3. The van der Waals surface area contributed by atoms with Crippen LogP contribution in [-0.2, 0) is 17.8 Å². The van der Waals surface area contributed by atoms with Crippen LogP contribution in [0, 0.1) is 5.82 Å². The minimum atomic E-state index is -5.08. The van der Waals surface area contributed by atoms with E-state index in [-0.39, 0.29) is 11.8 Å². The number of aliphatic carboxylic acids is 1. The maximum absolute atomic E-state index is 14.6. The zero-order valence-corrected chi connectivity index (χ0v) is 20.6. The van der Waals surface area contributed by atoms with E-state index in [4.69, 9.17) is 9.90 Å². The number of carboxylic acid groups (broad SMARTS) is 1. The first kappa shape index (κ1) is 28.0. The molecule has 206 valence electrons. The fraction of sp³-hybridized carbons (Fsp3) is 0.148. The predicted octanol–water partition coefficient (Wildman–Crippen LogP) is 4.13. The van der Waals surface area contributed by atoms with Crippen molar-refractivity contribution >= 4 is 17.8 Å². The molecule has 40 heavy (non-hydrogen) atoms. The molecule has 2 amide bonds. The number of carbonyl (C=O) groups is 3. The summed E-state index contributed by atoms with van der Waals surface area (Å²) in [5.41, 5.74) is 4.99. The third-order valence-corrected chi connectivity index (χ3v) is 5.84. The number of carboxylic acids is 1. The first-order chi connectivity index (χ1) is 19.0. The largest absolute Gasteiger partial charge is 0.490 e. The van der Waals surface area contributed by atoms with Crippen molar-refractivity contribution in [3.63, 3.8) is 0 Å². The molecule has 5 rings (SSSR count). The van der Waals surface area contributed by atoms with E-state index in [1.165, 1.54) is 6.20 Å². The second-order valence-corrected chi connectivity index (χ2v) is 8.55. The number of halogens is 4. The van der Waals surface area contributed by atoms with E-state index in [1.807, 2.05) is 12.1 Å². The molecule has 4 aromatic rings. The number of rotatable bonds is 5. The van der Waals surface area contributed by atoms with Gasteiger partial charge in [0.25, 0.3) is 11.8 Å². The van der Waals surface area contributed by atoms with Crippen molar-refractivity contribution in [2.45, 2.75) is 19.1 Å². The van der Waals surface area contributed by atoms with Crippen LogP contribution in [0.3, 0.4) is 0 Å². The number of H-pyrrole nitrogens is 1. The third-order valence-electron chi connectivity index (χ3n) is 5.84. The minimum Gasteiger partial charge on any atom is -0.475 e. The Morgan fingerprint density at radius 2 is 1.70 bits per heavy atom. The van der Waals surface area contributed by atoms with Gasteiger partial charge in [-0.05, 0) is 42.0 Å².